The van der Waals surface area contributed by atoms with Gasteiger partial charge in [-0.25, -0.2) is 9.97 Å². The van der Waals surface area contributed by atoms with Crippen molar-refractivity contribution in [1.82, 2.24) is 19.9 Å². The Morgan fingerprint density at radius 1 is 0.224 bits per heavy atom. The fraction of sp³-hybridized carbons (Fsp3) is 0.240. The second-order valence-electron chi connectivity index (χ2n) is 30.4. The molecule has 0 aliphatic carbocycles. The van der Waals surface area contributed by atoms with E-state index < -0.39 is 0 Å². The fourth-order valence-corrected chi connectivity index (χ4v) is 23.8. The van der Waals surface area contributed by atoms with E-state index in [0.29, 0.717) is 26.4 Å². The van der Waals surface area contributed by atoms with E-state index >= 15 is 0 Å². The number of rotatable bonds is 8. The molecular weight excluding hydrogens is 1580 g/mol. The van der Waals surface area contributed by atoms with Crippen molar-refractivity contribution < 1.29 is 18.9 Å². The van der Waals surface area contributed by atoms with E-state index in [4.69, 9.17) is 28.9 Å². The number of H-pyrrole nitrogens is 2. The lowest BCUT2D eigenvalue weighted by Crippen LogP contribution is -2.01. The quantitative estimate of drug-likeness (QED) is 0.157. The Bertz CT molecular complexity index is 5420. The van der Waals surface area contributed by atoms with Gasteiger partial charge in [0.05, 0.1) is 49.2 Å². The second kappa shape index (κ2) is 36.0. The molecule has 0 amide bonds. The highest BCUT2D eigenvalue weighted by molar-refractivity contribution is 7.25. The molecule has 4 aliphatic heterocycles. The van der Waals surface area contributed by atoms with Crippen molar-refractivity contribution >= 4 is 137 Å². The Morgan fingerprint density at radius 3 is 0.672 bits per heavy atom. The Hall–Kier alpha value is -9.72. The van der Waals surface area contributed by atoms with Gasteiger partial charge in [-0.2, -0.15) is 0 Å². The summed E-state index contributed by atoms with van der Waals surface area (Å²) in [5, 5.41) is 8.66. The predicted octanol–water partition coefficient (Wildman–Crippen LogP) is 32.5. The van der Waals surface area contributed by atoms with Crippen LogP contribution in [0.1, 0.15) is 151 Å². The number of thiophene rings is 8. The van der Waals surface area contributed by atoms with Crippen LogP contribution in [0.5, 0.6) is 23.0 Å². The van der Waals surface area contributed by atoms with E-state index in [9.17, 15) is 0 Å². The van der Waals surface area contributed by atoms with E-state index in [2.05, 4.69) is 250 Å². The smallest absolute Gasteiger partial charge is 0.127 e. The summed E-state index contributed by atoms with van der Waals surface area (Å²) in [6.07, 6.45) is 31.7. The van der Waals surface area contributed by atoms with Crippen LogP contribution in [0, 0.1) is 0 Å². The molecule has 15 heterocycles. The van der Waals surface area contributed by atoms with Gasteiger partial charge in [-0.1, -0.05) is 127 Å². The lowest BCUT2D eigenvalue weighted by Gasteiger charge is -2.16. The molecule has 4 aromatic carbocycles. The number of aromatic nitrogens is 4. The first-order chi connectivity index (χ1) is 57.5. The third-order valence-corrected chi connectivity index (χ3v) is 31.3. The van der Waals surface area contributed by atoms with E-state index in [-0.39, 0.29) is 0 Å². The molecule has 0 saturated heterocycles. The molecule has 0 fully saturated rings. The first kappa shape index (κ1) is 76.3. The summed E-state index contributed by atoms with van der Waals surface area (Å²) in [6.45, 7) is 2.33. The maximum atomic E-state index is 7.28. The van der Waals surface area contributed by atoms with Gasteiger partial charge in [-0.3, -0.25) is 0 Å². The molecule has 0 unspecified atom stereocenters. The van der Waals surface area contributed by atoms with Crippen LogP contribution in [-0.4, -0.2) is 46.4 Å². The number of ether oxygens (including phenoxy) is 4. The molecule has 582 valence electrons. The van der Waals surface area contributed by atoms with Crippen LogP contribution in [0.2, 0.25) is 0 Å². The summed E-state index contributed by atoms with van der Waals surface area (Å²) in [5.74, 6) is 3.25. The van der Waals surface area contributed by atoms with Crippen LogP contribution in [-0.2, 0) is 0 Å². The van der Waals surface area contributed by atoms with E-state index in [1.54, 1.807) is 45.3 Å². The van der Waals surface area contributed by atoms with Crippen molar-refractivity contribution in [2.45, 2.75) is 128 Å². The number of benzene rings is 4. The van der Waals surface area contributed by atoms with Crippen LogP contribution in [0.25, 0.3) is 172 Å². The zero-order chi connectivity index (χ0) is 77.4. The van der Waals surface area contributed by atoms with E-state index in [0.717, 1.165) is 186 Å². The summed E-state index contributed by atoms with van der Waals surface area (Å²) in [4.78, 5) is 35.4. The molecule has 4 aliphatic rings. The molecule has 0 spiro atoms. The van der Waals surface area contributed by atoms with Gasteiger partial charge in [0, 0.05) is 125 Å². The second-order valence-corrected chi connectivity index (χ2v) is 38.5. The fourth-order valence-electron chi connectivity index (χ4n) is 16.5. The molecule has 16 heteroatoms. The average Bonchev–Trinajstić information content (AvgIpc) is 1.59. The lowest BCUT2D eigenvalue weighted by molar-refractivity contribution is 0.304. The molecule has 8 nitrogen and oxygen atoms in total. The SMILES string of the molecule is C1=Cc2nc1c1c3ccc([nH]3)c3c4nc(c(c5ccc([nH]5)c2-c2cc(-c5ccc(-c6cccs6)s5)ccc2OCCCCCCCCCCCCOc2ccc(-c5ccc(-c6cccs6)s5)cc2-3)-c2cc(-c3ccc(-c5cccs5)s3)ccc2OCCCCCCCCCCCCOc2ccc(-c3ccc(-c5cccs5)s3)cc2-1)C=C4. The standard InChI is InChI=1S/C100H90N4O4S8/c1-2-6-10-14-18-54-106-82-42-30-66(86-46-50-94(114-86)90-26-22-58-110-90)62-70(82)98-75-37-39-79(103-75)99-71-63-67(87-47-51-95(115-87)91-27-23-59-111-91)31-43-83(71)107-55-19-15-11-7-3-4-8-12-16-20-56-108-84-44-32-68(88-48-52-96(116-88)92-28-24-60-112-92)64-72(84)100(80-40-38-76(98)104-80)78-36-34-74(102-78)97(73-33-35-77(99)101-73)69-61-65(29-41-81(69)105-53-17-13-9-5-1)85-45-49-93(113-85)89-25-21-57-109-89/h21-52,57-64,101,104H,1-20,53-56H2. The maximum Gasteiger partial charge on any atom is 0.127 e. The molecule has 11 aromatic heterocycles. The third kappa shape index (κ3) is 16.9. The third-order valence-electron chi connectivity index (χ3n) is 22.5. The van der Waals surface area contributed by atoms with Crippen LogP contribution < -0.4 is 18.9 Å². The maximum absolute atomic E-state index is 7.28. The number of hydrogen-bond donors (Lipinski definition) is 2. The molecule has 2 N–H and O–H groups in total. The Kier molecular flexibility index (Phi) is 23.7. The molecule has 0 atom stereocenters. The van der Waals surface area contributed by atoms with Gasteiger partial charge in [0.1, 0.15) is 23.0 Å². The molecular formula is C100H90N4O4S8. The van der Waals surface area contributed by atoms with E-state index in [1.807, 2.05) is 45.3 Å². The van der Waals surface area contributed by atoms with Crippen LogP contribution in [0.4, 0.5) is 0 Å². The number of aromatic amines is 2. The lowest BCUT2D eigenvalue weighted by atomic mass is 9.99. The molecule has 19 rings (SSSR count). The van der Waals surface area contributed by atoms with Gasteiger partial charge in [0.15, 0.2) is 0 Å². The molecule has 0 saturated carbocycles. The highest BCUT2D eigenvalue weighted by atomic mass is 32.1. The van der Waals surface area contributed by atoms with E-state index in [1.165, 1.54) is 136 Å². The molecule has 15 aromatic rings. The van der Waals surface area contributed by atoms with Crippen molar-refractivity contribution in [3.8, 4) is 148 Å². The average molecular weight is 1670 g/mol. The number of fused-ring (bicyclic) bond motifs is 10. The minimum atomic E-state index is 0.583. The summed E-state index contributed by atoms with van der Waals surface area (Å²) in [7, 11) is 0. The highest BCUT2D eigenvalue weighted by Gasteiger charge is 2.27. The first-order valence-corrected chi connectivity index (χ1v) is 48.1. The van der Waals surface area contributed by atoms with Gasteiger partial charge < -0.3 is 28.9 Å². The Morgan fingerprint density at radius 2 is 0.448 bits per heavy atom. The number of hydrogen-bond acceptors (Lipinski definition) is 14. The van der Waals surface area contributed by atoms with Crippen LogP contribution in [0.15, 0.2) is 216 Å². The van der Waals surface area contributed by atoms with Gasteiger partial charge >= 0.3 is 0 Å². The van der Waals surface area contributed by atoms with Crippen molar-refractivity contribution in [3.63, 3.8) is 0 Å². The predicted molar refractivity (Wildman–Crippen MR) is 501 cm³/mol. The van der Waals surface area contributed by atoms with Gasteiger partial charge in [-0.05, 0) is 264 Å². The Labute approximate surface area is 711 Å². The minimum Gasteiger partial charge on any atom is -0.493 e. The largest absolute Gasteiger partial charge is 0.493 e. The number of nitrogens with one attached hydrogen (secondary N) is 2. The monoisotopic (exact) mass is 1670 g/mol. The molecule has 0 radical (unpaired) electrons. The minimum absolute atomic E-state index is 0.583. The van der Waals surface area contributed by atoms with Crippen molar-refractivity contribution in [1.29, 1.82) is 0 Å². The van der Waals surface area contributed by atoms with Gasteiger partial charge in [0.2, 0.25) is 0 Å². The summed E-state index contributed by atoms with van der Waals surface area (Å²) >= 11 is 14.4. The summed E-state index contributed by atoms with van der Waals surface area (Å²) < 4.78 is 29.1. The number of nitrogens with zero attached hydrogens (tertiary/aromatic N) is 2. The molecule has 12 bridgehead atoms. The van der Waals surface area contributed by atoms with Crippen LogP contribution in [0.3, 0.4) is 0 Å². The zero-order valence-electron chi connectivity index (χ0n) is 64.9. The summed E-state index contributed by atoms with van der Waals surface area (Å²) in [6, 6.07) is 72.1. The van der Waals surface area contributed by atoms with Gasteiger partial charge in [0.25, 0.3) is 0 Å². The topological polar surface area (TPSA) is 94.3 Å². The zero-order valence-corrected chi connectivity index (χ0v) is 71.4. The first-order valence-electron chi connectivity index (χ1n) is 41.3. The highest BCUT2D eigenvalue weighted by Crippen LogP contribution is 2.51. The van der Waals surface area contributed by atoms with Crippen molar-refractivity contribution in [2.24, 2.45) is 0 Å². The van der Waals surface area contributed by atoms with Gasteiger partial charge in [-0.15, -0.1) is 90.7 Å². The van der Waals surface area contributed by atoms with Crippen molar-refractivity contribution in [2.75, 3.05) is 26.4 Å². The van der Waals surface area contributed by atoms with Crippen molar-refractivity contribution in [3.05, 3.63) is 238 Å². The summed E-state index contributed by atoms with van der Waals surface area (Å²) in [5.41, 5.74) is 18.7. The Balaban J connectivity index is 0.924. The molecule has 116 heavy (non-hydrogen) atoms. The normalized spacial score (nSPS) is 15.0. The van der Waals surface area contributed by atoms with Crippen LogP contribution >= 0.6 is 90.7 Å².